The molecule has 21 heavy (non-hydrogen) atoms. The van der Waals surface area contributed by atoms with Crippen molar-refractivity contribution in [3.8, 4) is 0 Å². The second-order valence-corrected chi connectivity index (χ2v) is 6.68. The standard InChI is InChI=1S/C15H20ClF2N3/c1-9(2)20-4-5-21-11(8-20)6-15(17,18)13-10(3)12(16)7-19-14(13)21/h7,9,11H,4-6,8H2,1-3H3. The first-order valence-electron chi connectivity index (χ1n) is 7.35. The number of rotatable bonds is 1. The van der Waals surface area contributed by atoms with Crippen LogP contribution in [0.1, 0.15) is 31.4 Å². The van der Waals surface area contributed by atoms with E-state index in [1.54, 1.807) is 6.92 Å². The number of alkyl halides is 2. The Morgan fingerprint density at radius 2 is 2.10 bits per heavy atom. The molecule has 6 heteroatoms. The molecule has 1 aromatic heterocycles. The second-order valence-electron chi connectivity index (χ2n) is 6.27. The number of piperazine rings is 1. The summed E-state index contributed by atoms with van der Waals surface area (Å²) in [5.74, 6) is -2.44. The van der Waals surface area contributed by atoms with Gasteiger partial charge in [0.15, 0.2) is 0 Å². The lowest BCUT2D eigenvalue weighted by atomic mass is 9.90. The van der Waals surface area contributed by atoms with Crippen molar-refractivity contribution in [3.63, 3.8) is 0 Å². The normalized spacial score (nSPS) is 24.9. The third-order valence-corrected chi connectivity index (χ3v) is 5.01. The molecule has 0 bridgehead atoms. The van der Waals surface area contributed by atoms with E-state index in [-0.39, 0.29) is 18.0 Å². The van der Waals surface area contributed by atoms with Gasteiger partial charge in [-0.05, 0) is 26.3 Å². The summed E-state index contributed by atoms with van der Waals surface area (Å²) in [6, 6.07) is 0.193. The maximum atomic E-state index is 14.6. The number of fused-ring (bicyclic) bond motifs is 3. The molecule has 1 unspecified atom stereocenters. The summed E-state index contributed by atoms with van der Waals surface area (Å²) in [6.07, 6.45) is 1.33. The van der Waals surface area contributed by atoms with E-state index in [0.29, 0.717) is 29.0 Å². The van der Waals surface area contributed by atoms with Crippen molar-refractivity contribution >= 4 is 17.4 Å². The van der Waals surface area contributed by atoms with Gasteiger partial charge < -0.3 is 4.90 Å². The topological polar surface area (TPSA) is 19.4 Å². The van der Waals surface area contributed by atoms with Crippen LogP contribution in [0.3, 0.4) is 0 Å². The van der Waals surface area contributed by atoms with Gasteiger partial charge in [-0.15, -0.1) is 0 Å². The van der Waals surface area contributed by atoms with Gasteiger partial charge in [0.2, 0.25) is 0 Å². The molecular formula is C15H20ClF2N3. The molecule has 1 aromatic rings. The fourth-order valence-electron chi connectivity index (χ4n) is 3.42. The molecule has 1 fully saturated rings. The Morgan fingerprint density at radius 3 is 2.76 bits per heavy atom. The highest BCUT2D eigenvalue weighted by molar-refractivity contribution is 6.31. The van der Waals surface area contributed by atoms with Crippen LogP contribution in [0.4, 0.5) is 14.6 Å². The first-order chi connectivity index (χ1) is 9.81. The molecule has 0 radical (unpaired) electrons. The zero-order valence-electron chi connectivity index (χ0n) is 12.5. The van der Waals surface area contributed by atoms with Crippen LogP contribution in [0.25, 0.3) is 0 Å². The summed E-state index contributed by atoms with van der Waals surface area (Å²) in [4.78, 5) is 8.52. The Morgan fingerprint density at radius 1 is 1.38 bits per heavy atom. The van der Waals surface area contributed by atoms with Crippen molar-refractivity contribution < 1.29 is 8.78 Å². The van der Waals surface area contributed by atoms with Crippen molar-refractivity contribution in [2.45, 2.75) is 45.2 Å². The first-order valence-corrected chi connectivity index (χ1v) is 7.73. The average molecular weight is 316 g/mol. The van der Waals surface area contributed by atoms with Crippen LogP contribution < -0.4 is 4.90 Å². The number of halogens is 3. The minimum Gasteiger partial charge on any atom is -0.350 e. The molecule has 0 saturated carbocycles. The molecule has 0 spiro atoms. The third-order valence-electron chi connectivity index (χ3n) is 4.63. The SMILES string of the molecule is Cc1c(Cl)cnc2c1C(F)(F)CC1CN(C(C)C)CCN21. The largest absolute Gasteiger partial charge is 0.350 e. The molecule has 1 saturated heterocycles. The maximum Gasteiger partial charge on any atom is 0.279 e. The number of hydrogen-bond acceptors (Lipinski definition) is 3. The summed E-state index contributed by atoms with van der Waals surface area (Å²) < 4.78 is 29.2. The Balaban J connectivity index is 2.02. The molecule has 0 N–H and O–H groups in total. The van der Waals surface area contributed by atoms with Crippen molar-refractivity contribution in [1.29, 1.82) is 0 Å². The van der Waals surface area contributed by atoms with E-state index < -0.39 is 5.92 Å². The Labute approximate surface area is 128 Å². The Kier molecular flexibility index (Phi) is 3.61. The highest BCUT2D eigenvalue weighted by atomic mass is 35.5. The summed E-state index contributed by atoms with van der Waals surface area (Å²) >= 11 is 5.99. The first kappa shape index (κ1) is 15.0. The molecule has 3 nitrogen and oxygen atoms in total. The van der Waals surface area contributed by atoms with Gasteiger partial charge in [-0.25, -0.2) is 13.8 Å². The predicted octanol–water partition coefficient (Wildman–Crippen LogP) is 3.44. The van der Waals surface area contributed by atoms with Crippen LogP contribution in [0.2, 0.25) is 5.02 Å². The van der Waals surface area contributed by atoms with E-state index in [4.69, 9.17) is 11.6 Å². The van der Waals surface area contributed by atoms with Gasteiger partial charge in [0, 0.05) is 44.3 Å². The smallest absolute Gasteiger partial charge is 0.279 e. The zero-order chi connectivity index (χ0) is 15.4. The van der Waals surface area contributed by atoms with Crippen LogP contribution in [0, 0.1) is 6.92 Å². The molecule has 3 heterocycles. The number of anilines is 1. The molecular weight excluding hydrogens is 296 g/mol. The lowest BCUT2D eigenvalue weighted by molar-refractivity contribution is -0.0342. The molecule has 0 aromatic carbocycles. The minimum atomic E-state index is -2.86. The van der Waals surface area contributed by atoms with E-state index in [1.807, 2.05) is 4.90 Å². The van der Waals surface area contributed by atoms with E-state index >= 15 is 0 Å². The van der Waals surface area contributed by atoms with E-state index in [9.17, 15) is 8.78 Å². The number of nitrogens with zero attached hydrogens (tertiary/aromatic N) is 3. The van der Waals surface area contributed by atoms with Crippen molar-refractivity contribution in [1.82, 2.24) is 9.88 Å². The predicted molar refractivity (Wildman–Crippen MR) is 80.3 cm³/mol. The summed E-state index contributed by atoms with van der Waals surface area (Å²) in [6.45, 7) is 8.14. The number of pyridine rings is 1. The van der Waals surface area contributed by atoms with E-state index in [2.05, 4.69) is 23.7 Å². The summed E-state index contributed by atoms with van der Waals surface area (Å²) in [5, 5.41) is 0.313. The number of aromatic nitrogens is 1. The van der Waals surface area contributed by atoms with Crippen molar-refractivity contribution in [3.05, 3.63) is 22.3 Å². The van der Waals surface area contributed by atoms with Gasteiger partial charge in [0.05, 0.1) is 10.6 Å². The second kappa shape index (κ2) is 5.06. The van der Waals surface area contributed by atoms with E-state index in [1.165, 1.54) is 6.20 Å². The highest BCUT2D eigenvalue weighted by Crippen LogP contribution is 2.47. The fourth-order valence-corrected chi connectivity index (χ4v) is 3.57. The lowest BCUT2D eigenvalue weighted by Gasteiger charge is -2.48. The number of hydrogen-bond donors (Lipinski definition) is 0. The van der Waals surface area contributed by atoms with Crippen molar-refractivity contribution in [2.24, 2.45) is 0 Å². The lowest BCUT2D eigenvalue weighted by Crippen LogP contribution is -2.58. The Hall–Kier alpha value is -0.940. The maximum absolute atomic E-state index is 14.6. The summed E-state index contributed by atoms with van der Waals surface area (Å²) in [5.41, 5.74) is 0.473. The van der Waals surface area contributed by atoms with Gasteiger partial charge in [-0.2, -0.15) is 0 Å². The molecule has 0 amide bonds. The van der Waals surface area contributed by atoms with Crippen LogP contribution in [-0.4, -0.2) is 41.6 Å². The molecule has 116 valence electrons. The monoisotopic (exact) mass is 315 g/mol. The average Bonchev–Trinajstić information content (AvgIpc) is 2.40. The van der Waals surface area contributed by atoms with Gasteiger partial charge in [0.1, 0.15) is 5.82 Å². The van der Waals surface area contributed by atoms with Crippen LogP contribution in [0.15, 0.2) is 6.20 Å². The third kappa shape index (κ3) is 2.40. The highest BCUT2D eigenvalue weighted by Gasteiger charge is 2.48. The van der Waals surface area contributed by atoms with Crippen LogP contribution in [0.5, 0.6) is 0 Å². The fraction of sp³-hybridized carbons (Fsp3) is 0.667. The zero-order valence-corrected chi connectivity index (χ0v) is 13.3. The molecule has 1 atom stereocenters. The van der Waals surface area contributed by atoms with Gasteiger partial charge >= 0.3 is 0 Å². The van der Waals surface area contributed by atoms with Crippen molar-refractivity contribution in [2.75, 3.05) is 24.5 Å². The molecule has 2 aliphatic heterocycles. The van der Waals surface area contributed by atoms with E-state index in [0.717, 1.165) is 13.1 Å². The van der Waals surface area contributed by atoms with Crippen LogP contribution >= 0.6 is 11.6 Å². The van der Waals surface area contributed by atoms with Gasteiger partial charge in [0.25, 0.3) is 5.92 Å². The molecule has 2 aliphatic rings. The van der Waals surface area contributed by atoms with Gasteiger partial charge in [-0.3, -0.25) is 4.90 Å². The molecule has 3 rings (SSSR count). The summed E-state index contributed by atoms with van der Waals surface area (Å²) in [7, 11) is 0. The van der Waals surface area contributed by atoms with Crippen LogP contribution in [-0.2, 0) is 5.92 Å². The molecule has 0 aliphatic carbocycles. The Bertz CT molecular complexity index is 562. The van der Waals surface area contributed by atoms with Gasteiger partial charge in [-0.1, -0.05) is 11.6 Å². The quantitative estimate of drug-likeness (QED) is 0.791. The minimum absolute atomic E-state index is 0.0178.